The Morgan fingerprint density at radius 2 is 1.88 bits per heavy atom. The summed E-state index contributed by atoms with van der Waals surface area (Å²) in [5, 5.41) is 1.21. The van der Waals surface area contributed by atoms with Crippen LogP contribution < -0.4 is 5.56 Å². The van der Waals surface area contributed by atoms with E-state index in [9.17, 15) is 4.79 Å². The van der Waals surface area contributed by atoms with Crippen LogP contribution in [-0.2, 0) is 12.8 Å². The first kappa shape index (κ1) is 11.9. The Morgan fingerprint density at radius 1 is 1.12 bits per heavy atom. The van der Waals surface area contributed by atoms with Gasteiger partial charge in [-0.1, -0.05) is 38.5 Å². The van der Waals surface area contributed by atoms with Crippen molar-refractivity contribution in [2.75, 3.05) is 0 Å². The lowest BCUT2D eigenvalue weighted by molar-refractivity contribution is 0.788. The van der Waals surface area contributed by atoms with Gasteiger partial charge in [-0.25, -0.2) is 0 Å². The molecule has 0 fully saturated rings. The highest BCUT2D eigenvalue weighted by atomic mass is 16.1. The Morgan fingerprint density at radius 3 is 2.59 bits per heavy atom. The second-order valence-corrected chi connectivity index (χ2v) is 4.41. The summed E-state index contributed by atoms with van der Waals surface area (Å²) in [6, 6.07) is 8.09. The molecule has 0 atom stereocenters. The monoisotopic (exact) mass is 229 g/mol. The Hall–Kier alpha value is -1.57. The molecule has 0 spiro atoms. The van der Waals surface area contributed by atoms with Crippen molar-refractivity contribution in [1.29, 1.82) is 0 Å². The lowest BCUT2D eigenvalue weighted by Crippen LogP contribution is -2.15. The average molecular weight is 229 g/mol. The van der Waals surface area contributed by atoms with E-state index in [0.717, 1.165) is 36.8 Å². The first-order valence-corrected chi connectivity index (χ1v) is 6.40. The third-order valence-electron chi connectivity index (χ3n) is 3.27. The molecule has 0 bridgehead atoms. The van der Waals surface area contributed by atoms with Crippen molar-refractivity contribution in [3.05, 3.63) is 45.7 Å². The molecule has 17 heavy (non-hydrogen) atoms. The number of aromatic amines is 1. The van der Waals surface area contributed by atoms with E-state index in [2.05, 4.69) is 24.9 Å². The van der Waals surface area contributed by atoms with Crippen LogP contribution in [0, 0.1) is 0 Å². The molecule has 1 aromatic carbocycles. The van der Waals surface area contributed by atoms with Gasteiger partial charge in [0.1, 0.15) is 0 Å². The number of para-hydroxylation sites is 1. The van der Waals surface area contributed by atoms with E-state index in [-0.39, 0.29) is 5.56 Å². The lowest BCUT2D eigenvalue weighted by Gasteiger charge is -2.10. The van der Waals surface area contributed by atoms with Gasteiger partial charge in [0, 0.05) is 16.5 Å². The van der Waals surface area contributed by atoms with Gasteiger partial charge in [-0.15, -0.1) is 0 Å². The predicted molar refractivity (Wildman–Crippen MR) is 72.6 cm³/mol. The highest BCUT2D eigenvalue weighted by Crippen LogP contribution is 2.20. The summed E-state index contributed by atoms with van der Waals surface area (Å²) in [4.78, 5) is 15.0. The van der Waals surface area contributed by atoms with Crippen molar-refractivity contribution < 1.29 is 0 Å². The fourth-order valence-corrected chi connectivity index (χ4v) is 2.37. The van der Waals surface area contributed by atoms with Crippen molar-refractivity contribution in [2.45, 2.75) is 39.5 Å². The molecule has 90 valence electrons. The van der Waals surface area contributed by atoms with E-state index in [1.54, 1.807) is 0 Å². The number of H-pyrrole nitrogens is 1. The molecule has 0 aliphatic carbocycles. The highest BCUT2D eigenvalue weighted by Gasteiger charge is 2.09. The Labute approximate surface area is 102 Å². The maximum atomic E-state index is 12.0. The highest BCUT2D eigenvalue weighted by molar-refractivity contribution is 5.82. The van der Waals surface area contributed by atoms with Gasteiger partial charge in [-0.05, 0) is 30.9 Å². The first-order valence-electron chi connectivity index (χ1n) is 6.40. The summed E-state index contributed by atoms with van der Waals surface area (Å²) in [5.74, 6) is 0. The molecule has 0 amide bonds. The number of fused-ring (bicyclic) bond motifs is 1. The van der Waals surface area contributed by atoms with Gasteiger partial charge in [-0.3, -0.25) is 4.79 Å². The van der Waals surface area contributed by atoms with Crippen molar-refractivity contribution in [3.8, 4) is 0 Å². The van der Waals surface area contributed by atoms with E-state index in [4.69, 9.17) is 0 Å². The zero-order valence-electron chi connectivity index (χ0n) is 10.5. The van der Waals surface area contributed by atoms with Gasteiger partial charge >= 0.3 is 0 Å². The molecular formula is C15H19NO. The second kappa shape index (κ2) is 5.17. The summed E-state index contributed by atoms with van der Waals surface area (Å²) in [6.07, 6.45) is 4.11. The van der Waals surface area contributed by atoms with Gasteiger partial charge in [0.05, 0.1) is 0 Å². The molecule has 2 nitrogen and oxygen atoms in total. The van der Waals surface area contributed by atoms with Crippen LogP contribution in [0.1, 0.15) is 37.8 Å². The van der Waals surface area contributed by atoms with Crippen LogP contribution in [0.25, 0.3) is 10.9 Å². The molecule has 1 heterocycles. The molecule has 0 saturated carbocycles. The van der Waals surface area contributed by atoms with E-state index < -0.39 is 0 Å². The second-order valence-electron chi connectivity index (χ2n) is 4.41. The molecule has 0 aliphatic heterocycles. The van der Waals surface area contributed by atoms with Crippen LogP contribution >= 0.6 is 0 Å². The fraction of sp³-hybridized carbons (Fsp3) is 0.400. The van der Waals surface area contributed by atoms with Crippen molar-refractivity contribution in [2.24, 2.45) is 0 Å². The predicted octanol–water partition coefficient (Wildman–Crippen LogP) is 3.43. The van der Waals surface area contributed by atoms with Crippen LogP contribution in [-0.4, -0.2) is 4.98 Å². The number of benzene rings is 1. The number of hydrogen-bond donors (Lipinski definition) is 1. The average Bonchev–Trinajstić information content (AvgIpc) is 2.35. The molecule has 2 aromatic rings. The van der Waals surface area contributed by atoms with Crippen LogP contribution in [0.4, 0.5) is 0 Å². The summed E-state index contributed by atoms with van der Waals surface area (Å²) in [6.45, 7) is 4.23. The number of rotatable bonds is 4. The minimum Gasteiger partial charge on any atom is -0.322 e. The zero-order chi connectivity index (χ0) is 12.3. The Bertz CT molecular complexity index is 569. The molecule has 2 rings (SSSR count). The number of hydrogen-bond acceptors (Lipinski definition) is 1. The summed E-state index contributed by atoms with van der Waals surface area (Å²) < 4.78 is 0. The molecular weight excluding hydrogens is 210 g/mol. The topological polar surface area (TPSA) is 32.9 Å². The van der Waals surface area contributed by atoms with Crippen LogP contribution in [0.5, 0.6) is 0 Å². The number of unbranched alkanes of at least 4 members (excludes halogenated alkanes) is 1. The zero-order valence-corrected chi connectivity index (χ0v) is 10.5. The standard InChI is InChI=1S/C15H19NO/c1-3-5-8-12-11(4-2)15(17)16-14-10-7-6-9-13(12)14/h6-7,9-10H,3-5,8H2,1-2H3,(H,16,17). The van der Waals surface area contributed by atoms with Gasteiger partial charge in [0.15, 0.2) is 0 Å². The number of pyridine rings is 1. The van der Waals surface area contributed by atoms with Gasteiger partial charge in [0.25, 0.3) is 5.56 Å². The van der Waals surface area contributed by atoms with Gasteiger partial charge in [0.2, 0.25) is 0 Å². The maximum Gasteiger partial charge on any atom is 0.251 e. The quantitative estimate of drug-likeness (QED) is 0.856. The van der Waals surface area contributed by atoms with Crippen molar-refractivity contribution in [3.63, 3.8) is 0 Å². The van der Waals surface area contributed by atoms with E-state index in [1.807, 2.05) is 18.2 Å². The van der Waals surface area contributed by atoms with Gasteiger partial charge < -0.3 is 4.98 Å². The van der Waals surface area contributed by atoms with Crippen molar-refractivity contribution >= 4 is 10.9 Å². The molecule has 0 unspecified atom stereocenters. The van der Waals surface area contributed by atoms with E-state index in [1.165, 1.54) is 10.9 Å². The Kier molecular flexibility index (Phi) is 3.62. The van der Waals surface area contributed by atoms with Crippen LogP contribution in [0.15, 0.2) is 29.1 Å². The minimum absolute atomic E-state index is 0.0808. The SMILES string of the molecule is CCCCc1c(CC)c(=O)[nH]c2ccccc12. The van der Waals surface area contributed by atoms with E-state index in [0.29, 0.717) is 0 Å². The third kappa shape index (κ3) is 2.26. The molecule has 1 N–H and O–H groups in total. The lowest BCUT2D eigenvalue weighted by atomic mass is 9.97. The van der Waals surface area contributed by atoms with E-state index >= 15 is 0 Å². The molecule has 0 aliphatic rings. The Balaban J connectivity index is 2.68. The summed E-state index contributed by atoms with van der Waals surface area (Å²) >= 11 is 0. The fourth-order valence-electron chi connectivity index (χ4n) is 2.37. The van der Waals surface area contributed by atoms with Crippen molar-refractivity contribution in [1.82, 2.24) is 4.98 Å². The summed E-state index contributed by atoms with van der Waals surface area (Å²) in [7, 11) is 0. The first-order chi connectivity index (χ1) is 8.27. The molecule has 2 heteroatoms. The largest absolute Gasteiger partial charge is 0.322 e. The smallest absolute Gasteiger partial charge is 0.251 e. The maximum absolute atomic E-state index is 12.0. The minimum atomic E-state index is 0.0808. The van der Waals surface area contributed by atoms with Crippen LogP contribution in [0.3, 0.4) is 0 Å². The number of nitrogens with one attached hydrogen (secondary N) is 1. The molecule has 1 aromatic heterocycles. The van der Waals surface area contributed by atoms with Crippen LogP contribution in [0.2, 0.25) is 0 Å². The number of aryl methyl sites for hydroxylation is 1. The summed E-state index contributed by atoms with van der Waals surface area (Å²) in [5.41, 5.74) is 3.24. The third-order valence-corrected chi connectivity index (χ3v) is 3.27. The number of aromatic nitrogens is 1. The molecule has 0 saturated heterocycles. The van der Waals surface area contributed by atoms with Gasteiger partial charge in [-0.2, -0.15) is 0 Å². The normalized spacial score (nSPS) is 10.9. The molecule has 0 radical (unpaired) electrons.